The Morgan fingerprint density at radius 2 is 2.04 bits per heavy atom. The number of rotatable bonds is 4. The molecule has 4 aromatic rings. The van der Waals surface area contributed by atoms with Crippen LogP contribution in [0.15, 0.2) is 41.9 Å². The lowest BCUT2D eigenvalue weighted by Crippen LogP contribution is -2.13. The van der Waals surface area contributed by atoms with E-state index in [0.29, 0.717) is 28.8 Å². The van der Waals surface area contributed by atoms with E-state index in [4.69, 9.17) is 28.9 Å². The van der Waals surface area contributed by atoms with Crippen LogP contribution in [0.25, 0.3) is 11.0 Å². The molecule has 0 atom stereocenters. The monoisotopic (exact) mass is 431 g/mol. The summed E-state index contributed by atoms with van der Waals surface area (Å²) >= 11 is 13.8. The van der Waals surface area contributed by atoms with Gasteiger partial charge < -0.3 is 11.1 Å². The number of pyridine rings is 1. The van der Waals surface area contributed by atoms with Crippen molar-refractivity contribution in [2.75, 3.05) is 11.1 Å². The number of hydrogen-bond donors (Lipinski definition) is 2. The summed E-state index contributed by atoms with van der Waals surface area (Å²) in [5.41, 5.74) is 8.34. The molecule has 0 spiro atoms. The first kappa shape index (κ1) is 18.7. The summed E-state index contributed by atoms with van der Waals surface area (Å²) in [6.07, 6.45) is 1.66. The Bertz CT molecular complexity index is 1160. The summed E-state index contributed by atoms with van der Waals surface area (Å²) in [4.78, 5) is 18.7. The van der Waals surface area contributed by atoms with Gasteiger partial charge in [-0.2, -0.15) is 5.10 Å². The van der Waals surface area contributed by atoms with E-state index < -0.39 is 0 Å². The van der Waals surface area contributed by atoms with Gasteiger partial charge in [-0.25, -0.2) is 9.67 Å². The molecule has 3 heterocycles. The average molecular weight is 432 g/mol. The van der Waals surface area contributed by atoms with E-state index in [2.05, 4.69) is 15.4 Å². The number of nitrogens with two attached hydrogens (primary N) is 1. The van der Waals surface area contributed by atoms with Gasteiger partial charge in [-0.1, -0.05) is 29.3 Å². The minimum atomic E-state index is -0.303. The first-order valence-corrected chi connectivity index (χ1v) is 9.97. The smallest absolute Gasteiger partial charge is 0.256 e. The van der Waals surface area contributed by atoms with E-state index in [1.54, 1.807) is 40.4 Å². The van der Waals surface area contributed by atoms with E-state index in [9.17, 15) is 4.79 Å². The minimum Gasteiger partial charge on any atom is -0.396 e. The molecule has 0 fully saturated rings. The summed E-state index contributed by atoms with van der Waals surface area (Å²) in [6, 6.07) is 8.88. The number of aryl methyl sites for hydroxylation is 1. The Labute approximate surface area is 174 Å². The molecule has 9 heteroatoms. The number of carbonyl (C=O) groups excluding carboxylic acids is 1. The molecule has 0 unspecified atom stereocenters. The van der Waals surface area contributed by atoms with Gasteiger partial charge >= 0.3 is 0 Å². The van der Waals surface area contributed by atoms with Crippen molar-refractivity contribution in [3.05, 3.63) is 68.1 Å². The van der Waals surface area contributed by atoms with Crippen molar-refractivity contribution in [1.82, 2.24) is 14.8 Å². The lowest BCUT2D eigenvalue weighted by Gasteiger charge is -2.10. The number of thiophene rings is 1. The Morgan fingerprint density at radius 3 is 2.71 bits per heavy atom. The molecule has 1 aromatic carbocycles. The summed E-state index contributed by atoms with van der Waals surface area (Å²) in [7, 11) is 0. The summed E-state index contributed by atoms with van der Waals surface area (Å²) in [5, 5.41) is 10.5. The summed E-state index contributed by atoms with van der Waals surface area (Å²) in [5.74, 6) is -0.303. The van der Waals surface area contributed by atoms with E-state index in [1.165, 1.54) is 0 Å². The van der Waals surface area contributed by atoms with E-state index >= 15 is 0 Å². The SMILES string of the molecule is Cc1cc(C(=O)Nc2cc(Cl)c(N)c(Cl)c2)c2cnn(Cc3cccs3)c2n1. The third-order valence-electron chi connectivity index (χ3n) is 4.20. The third-order valence-corrected chi connectivity index (χ3v) is 5.69. The number of hydrogen-bond acceptors (Lipinski definition) is 5. The van der Waals surface area contributed by atoms with Gasteiger partial charge in [-0.15, -0.1) is 11.3 Å². The number of nitrogen functional groups attached to an aromatic ring is 1. The average Bonchev–Trinajstić information content (AvgIpc) is 3.30. The van der Waals surface area contributed by atoms with Crippen LogP contribution in [0.1, 0.15) is 20.9 Å². The van der Waals surface area contributed by atoms with Gasteiger partial charge in [0.2, 0.25) is 0 Å². The third kappa shape index (κ3) is 3.56. The van der Waals surface area contributed by atoms with Crippen LogP contribution in [0.2, 0.25) is 10.0 Å². The van der Waals surface area contributed by atoms with Crippen LogP contribution in [-0.4, -0.2) is 20.7 Å². The zero-order valence-electron chi connectivity index (χ0n) is 14.7. The zero-order valence-corrected chi connectivity index (χ0v) is 17.1. The highest BCUT2D eigenvalue weighted by molar-refractivity contribution is 7.09. The molecule has 0 aliphatic rings. The zero-order chi connectivity index (χ0) is 19.8. The number of halogens is 2. The van der Waals surface area contributed by atoms with Crippen LogP contribution >= 0.6 is 34.5 Å². The molecule has 3 N–H and O–H groups in total. The lowest BCUT2D eigenvalue weighted by molar-refractivity contribution is 0.102. The molecule has 142 valence electrons. The van der Waals surface area contributed by atoms with Gasteiger partial charge in [0.05, 0.1) is 39.4 Å². The maximum absolute atomic E-state index is 12.9. The maximum Gasteiger partial charge on any atom is 0.256 e. The van der Waals surface area contributed by atoms with Crippen molar-refractivity contribution in [3.8, 4) is 0 Å². The molecular formula is C19H15Cl2N5OS. The molecule has 28 heavy (non-hydrogen) atoms. The largest absolute Gasteiger partial charge is 0.396 e. The Hall–Kier alpha value is -2.61. The highest BCUT2D eigenvalue weighted by Crippen LogP contribution is 2.31. The van der Waals surface area contributed by atoms with Crippen molar-refractivity contribution in [1.29, 1.82) is 0 Å². The second-order valence-corrected chi connectivity index (χ2v) is 8.08. The summed E-state index contributed by atoms with van der Waals surface area (Å²) in [6.45, 7) is 2.44. The Balaban J connectivity index is 1.70. The van der Waals surface area contributed by atoms with Gasteiger partial charge in [-0.05, 0) is 36.6 Å². The molecule has 0 bridgehead atoms. The van der Waals surface area contributed by atoms with Gasteiger partial charge in [-0.3, -0.25) is 4.79 Å². The molecule has 3 aromatic heterocycles. The fourth-order valence-corrected chi connectivity index (χ4v) is 4.05. The first-order chi connectivity index (χ1) is 13.4. The minimum absolute atomic E-state index is 0.276. The lowest BCUT2D eigenvalue weighted by atomic mass is 10.1. The molecule has 6 nitrogen and oxygen atoms in total. The molecule has 0 aliphatic carbocycles. The summed E-state index contributed by atoms with van der Waals surface area (Å²) < 4.78 is 1.79. The Kier molecular flexibility index (Phi) is 4.97. The standard InChI is InChI=1S/C19H15Cl2N5OS/c1-10-5-13(19(27)25-11-6-15(20)17(22)16(21)7-11)14-8-23-26(18(14)24-10)9-12-3-2-4-28-12/h2-8H,9,22H2,1H3,(H,25,27). The van der Waals surface area contributed by atoms with Crippen molar-refractivity contribution in [3.63, 3.8) is 0 Å². The molecule has 0 saturated heterocycles. The van der Waals surface area contributed by atoms with Crippen LogP contribution < -0.4 is 11.1 Å². The van der Waals surface area contributed by atoms with Crippen LogP contribution in [0, 0.1) is 6.92 Å². The van der Waals surface area contributed by atoms with Crippen molar-refractivity contribution in [2.24, 2.45) is 0 Å². The fraction of sp³-hybridized carbons (Fsp3) is 0.105. The van der Waals surface area contributed by atoms with Gasteiger partial charge in [0, 0.05) is 16.3 Å². The number of anilines is 2. The van der Waals surface area contributed by atoms with Gasteiger partial charge in [0.25, 0.3) is 5.91 Å². The first-order valence-electron chi connectivity index (χ1n) is 8.34. The van der Waals surface area contributed by atoms with E-state index in [1.807, 2.05) is 24.4 Å². The van der Waals surface area contributed by atoms with Crippen molar-refractivity contribution < 1.29 is 4.79 Å². The molecule has 4 rings (SSSR count). The van der Waals surface area contributed by atoms with Crippen LogP contribution in [0.3, 0.4) is 0 Å². The van der Waals surface area contributed by atoms with E-state index in [-0.39, 0.29) is 21.6 Å². The predicted molar refractivity (Wildman–Crippen MR) is 115 cm³/mol. The second kappa shape index (κ2) is 7.43. The molecule has 0 aliphatic heterocycles. The number of amides is 1. The number of nitrogens with zero attached hydrogens (tertiary/aromatic N) is 3. The van der Waals surface area contributed by atoms with Crippen LogP contribution in [-0.2, 0) is 6.54 Å². The van der Waals surface area contributed by atoms with Crippen LogP contribution in [0.5, 0.6) is 0 Å². The number of benzene rings is 1. The number of carbonyl (C=O) groups is 1. The predicted octanol–water partition coefficient (Wildman–Crippen LogP) is 4.99. The quantitative estimate of drug-likeness (QED) is 0.445. The number of fused-ring (bicyclic) bond motifs is 1. The molecular weight excluding hydrogens is 417 g/mol. The number of nitrogens with one attached hydrogen (secondary N) is 1. The maximum atomic E-state index is 12.9. The second-order valence-electron chi connectivity index (χ2n) is 6.24. The fourth-order valence-electron chi connectivity index (χ4n) is 2.88. The van der Waals surface area contributed by atoms with Crippen molar-refractivity contribution in [2.45, 2.75) is 13.5 Å². The highest BCUT2D eigenvalue weighted by atomic mass is 35.5. The molecule has 0 radical (unpaired) electrons. The van der Waals surface area contributed by atoms with Gasteiger partial charge in [0.15, 0.2) is 5.65 Å². The molecule has 1 amide bonds. The Morgan fingerprint density at radius 1 is 1.29 bits per heavy atom. The molecule has 0 saturated carbocycles. The van der Waals surface area contributed by atoms with Crippen molar-refractivity contribution >= 4 is 62.9 Å². The van der Waals surface area contributed by atoms with Crippen LogP contribution in [0.4, 0.5) is 11.4 Å². The normalized spacial score (nSPS) is 11.1. The highest BCUT2D eigenvalue weighted by Gasteiger charge is 2.17. The topological polar surface area (TPSA) is 85.8 Å². The van der Waals surface area contributed by atoms with E-state index in [0.717, 1.165) is 10.6 Å². The number of aromatic nitrogens is 3. The van der Waals surface area contributed by atoms with Gasteiger partial charge in [0.1, 0.15) is 0 Å².